The molecular formula is C35H72O13S. The summed E-state index contributed by atoms with van der Waals surface area (Å²) in [5.74, 6) is 0. The van der Waals surface area contributed by atoms with Gasteiger partial charge in [0.25, 0.3) is 0 Å². The van der Waals surface area contributed by atoms with Gasteiger partial charge in [-0.05, 0) is 111 Å². The van der Waals surface area contributed by atoms with Crippen molar-refractivity contribution in [2.45, 2.75) is 208 Å². The second-order valence-electron chi connectivity index (χ2n) is 13.6. The van der Waals surface area contributed by atoms with Crippen LogP contribution in [-0.4, -0.2) is 131 Å². The maximum atomic E-state index is 11.0. The fourth-order valence-corrected chi connectivity index (χ4v) is 5.18. The van der Waals surface area contributed by atoms with Gasteiger partial charge in [0.1, 0.15) is 6.10 Å². The van der Waals surface area contributed by atoms with Crippen LogP contribution in [0.1, 0.15) is 111 Å². The van der Waals surface area contributed by atoms with Crippen LogP contribution in [0.15, 0.2) is 0 Å². The molecule has 0 saturated heterocycles. The molecule has 0 aromatic heterocycles. The van der Waals surface area contributed by atoms with Gasteiger partial charge in [0.2, 0.25) is 0 Å². The van der Waals surface area contributed by atoms with Crippen molar-refractivity contribution in [1.29, 1.82) is 0 Å². The van der Waals surface area contributed by atoms with Crippen LogP contribution in [0.25, 0.3) is 0 Å². The van der Waals surface area contributed by atoms with Crippen molar-refractivity contribution >= 4 is 10.4 Å². The third-order valence-electron chi connectivity index (χ3n) is 9.24. The Kier molecular flexibility index (Phi) is 23.7. The van der Waals surface area contributed by atoms with E-state index in [0.717, 1.165) is 0 Å². The lowest BCUT2D eigenvalue weighted by Crippen LogP contribution is -2.42. The molecule has 0 radical (unpaired) electrons. The highest BCUT2D eigenvalue weighted by molar-refractivity contribution is 7.80. The smallest absolute Gasteiger partial charge is 0.382 e. The largest absolute Gasteiger partial charge is 0.397 e. The summed E-state index contributed by atoms with van der Waals surface area (Å²) in [6.07, 6.45) is -4.32. The van der Waals surface area contributed by atoms with E-state index in [2.05, 4.69) is 4.18 Å². The lowest BCUT2D eigenvalue weighted by Gasteiger charge is -2.34. The highest BCUT2D eigenvalue weighted by Crippen LogP contribution is 2.20. The number of ether oxygens (including phenoxy) is 9. The second kappa shape index (κ2) is 23.9. The minimum atomic E-state index is -4.57. The van der Waals surface area contributed by atoms with Crippen LogP contribution in [-0.2, 0) is 57.2 Å². The first-order valence-corrected chi connectivity index (χ1v) is 19.2. The Morgan fingerprint density at radius 3 is 0.776 bits per heavy atom. The molecule has 14 heteroatoms. The summed E-state index contributed by atoms with van der Waals surface area (Å²) >= 11 is 0. The van der Waals surface area contributed by atoms with Crippen molar-refractivity contribution < 1.29 is 59.8 Å². The molecule has 0 aromatic rings. The molecule has 0 amide bonds. The van der Waals surface area contributed by atoms with E-state index in [4.69, 9.17) is 47.2 Å². The van der Waals surface area contributed by atoms with E-state index in [1.807, 2.05) is 96.9 Å². The zero-order valence-electron chi connectivity index (χ0n) is 33.4. The van der Waals surface area contributed by atoms with Crippen LogP contribution >= 0.6 is 0 Å². The fraction of sp³-hybridized carbons (Fsp3) is 1.00. The first kappa shape index (κ1) is 48.5. The van der Waals surface area contributed by atoms with Crippen molar-refractivity contribution in [3.05, 3.63) is 0 Å². The topological polar surface area (TPSA) is 147 Å². The molecule has 0 aliphatic rings. The van der Waals surface area contributed by atoms with Crippen LogP contribution in [0.2, 0.25) is 0 Å². The molecular weight excluding hydrogens is 660 g/mol. The van der Waals surface area contributed by atoms with Crippen molar-refractivity contribution in [2.75, 3.05) is 20.3 Å². The van der Waals surface area contributed by atoms with E-state index < -0.39 is 22.6 Å². The minimum Gasteiger partial charge on any atom is -0.382 e. The summed E-state index contributed by atoms with van der Waals surface area (Å²) in [6, 6.07) is 0. The van der Waals surface area contributed by atoms with E-state index in [1.54, 1.807) is 14.0 Å². The maximum absolute atomic E-state index is 11.0. The van der Waals surface area contributed by atoms with Gasteiger partial charge in [-0.1, -0.05) is 0 Å². The Morgan fingerprint density at radius 1 is 0.367 bits per heavy atom. The molecule has 0 aromatic carbocycles. The maximum Gasteiger partial charge on any atom is 0.397 e. The summed E-state index contributed by atoms with van der Waals surface area (Å²) in [5, 5.41) is 0. The molecule has 0 spiro atoms. The molecule has 13 nitrogen and oxygen atoms in total. The predicted molar refractivity (Wildman–Crippen MR) is 189 cm³/mol. The van der Waals surface area contributed by atoms with Crippen LogP contribution in [0, 0.1) is 0 Å². The number of methoxy groups -OCH3 is 1. The summed E-state index contributed by atoms with van der Waals surface area (Å²) < 4.78 is 89.7. The van der Waals surface area contributed by atoms with Gasteiger partial charge >= 0.3 is 10.4 Å². The lowest BCUT2D eigenvalue weighted by atomic mass is 10.1. The van der Waals surface area contributed by atoms with Crippen LogP contribution in [0.5, 0.6) is 0 Å². The minimum absolute atomic E-state index is 0.0642. The van der Waals surface area contributed by atoms with E-state index in [9.17, 15) is 8.42 Å². The van der Waals surface area contributed by atoms with E-state index in [0.29, 0.717) is 13.2 Å². The molecule has 0 aliphatic heterocycles. The standard InChI is InChI=1S/C35H72O13S/c1-20(40-19-18-39-17)21(2)41-22(3)23(4)42-24(5)25(6)43-26(7)27(8)44-28(9)29(10)45-30(11)31(12)46-32(13)33(14)47-34(15)35(16)48-49(36,37)38/h20-35H,18-19H2,1-17H3,(H,36,37,38). The van der Waals surface area contributed by atoms with Gasteiger partial charge in [0, 0.05) is 7.11 Å². The van der Waals surface area contributed by atoms with Crippen molar-refractivity contribution in [2.24, 2.45) is 0 Å². The van der Waals surface area contributed by atoms with Crippen LogP contribution in [0.3, 0.4) is 0 Å². The van der Waals surface area contributed by atoms with Gasteiger partial charge in [0.15, 0.2) is 0 Å². The normalized spacial score (nSPS) is 22.7. The Bertz CT molecular complexity index is 956. The number of rotatable bonds is 28. The highest BCUT2D eigenvalue weighted by Gasteiger charge is 2.30. The summed E-state index contributed by atoms with van der Waals surface area (Å²) in [4.78, 5) is 0. The number of hydrogen-bond donors (Lipinski definition) is 1. The molecule has 16 unspecified atom stereocenters. The van der Waals surface area contributed by atoms with Crippen molar-refractivity contribution in [1.82, 2.24) is 0 Å². The molecule has 16 atom stereocenters. The van der Waals surface area contributed by atoms with Crippen molar-refractivity contribution in [3.63, 3.8) is 0 Å². The van der Waals surface area contributed by atoms with Crippen molar-refractivity contribution in [3.8, 4) is 0 Å². The third-order valence-corrected chi connectivity index (χ3v) is 9.78. The van der Waals surface area contributed by atoms with E-state index >= 15 is 0 Å². The summed E-state index contributed by atoms with van der Waals surface area (Å²) in [5.41, 5.74) is 0. The lowest BCUT2D eigenvalue weighted by molar-refractivity contribution is -0.186. The Morgan fingerprint density at radius 2 is 0.571 bits per heavy atom. The quantitative estimate of drug-likeness (QED) is 0.0764. The average Bonchev–Trinajstić information content (AvgIpc) is 2.99. The molecule has 0 aliphatic carbocycles. The van der Waals surface area contributed by atoms with Gasteiger partial charge in [-0.25, -0.2) is 4.18 Å². The first-order valence-electron chi connectivity index (χ1n) is 17.8. The monoisotopic (exact) mass is 732 g/mol. The van der Waals surface area contributed by atoms with Gasteiger partial charge in [-0.15, -0.1) is 0 Å². The molecule has 1 N–H and O–H groups in total. The molecule has 49 heavy (non-hydrogen) atoms. The Hall–Kier alpha value is -0.490. The van der Waals surface area contributed by atoms with Crippen LogP contribution in [0.4, 0.5) is 0 Å². The van der Waals surface area contributed by atoms with Gasteiger partial charge in [-0.2, -0.15) is 8.42 Å². The van der Waals surface area contributed by atoms with Gasteiger partial charge in [0.05, 0.1) is 105 Å². The molecule has 0 rings (SSSR count). The Balaban J connectivity index is 4.75. The average molecular weight is 733 g/mol. The van der Waals surface area contributed by atoms with Crippen LogP contribution < -0.4 is 0 Å². The van der Waals surface area contributed by atoms with E-state index in [-0.39, 0.29) is 85.5 Å². The Labute approximate surface area is 298 Å². The van der Waals surface area contributed by atoms with Gasteiger partial charge in [-0.3, -0.25) is 4.55 Å². The zero-order valence-corrected chi connectivity index (χ0v) is 34.2. The zero-order chi connectivity index (χ0) is 38.2. The summed E-state index contributed by atoms with van der Waals surface area (Å²) in [6.45, 7) is 31.8. The van der Waals surface area contributed by atoms with Gasteiger partial charge < -0.3 is 42.6 Å². The third kappa shape index (κ3) is 20.4. The van der Waals surface area contributed by atoms with E-state index in [1.165, 1.54) is 6.92 Å². The SMILES string of the molecule is COCCOC(C)C(C)OC(C)C(C)OC(C)C(C)OC(C)C(C)OC(C)C(C)OC(C)C(C)OC(C)C(C)OC(C)C(C)OS(=O)(=O)O. The first-order chi connectivity index (χ1) is 22.5. The summed E-state index contributed by atoms with van der Waals surface area (Å²) in [7, 11) is -2.92. The molecule has 0 fully saturated rings. The number of hydrogen-bond acceptors (Lipinski definition) is 12. The predicted octanol–water partition coefficient (Wildman–Crippen LogP) is 5.80. The highest BCUT2D eigenvalue weighted by atomic mass is 32.3. The molecule has 0 heterocycles. The fourth-order valence-electron chi connectivity index (χ4n) is 4.64. The molecule has 0 bridgehead atoms. The second-order valence-corrected chi connectivity index (χ2v) is 14.7. The molecule has 296 valence electrons. The molecule has 0 saturated carbocycles.